The number of hydrogen-bond acceptors (Lipinski definition) is 3. The van der Waals surface area contributed by atoms with Gasteiger partial charge in [-0.2, -0.15) is 4.37 Å². The lowest BCUT2D eigenvalue weighted by molar-refractivity contribution is 0.555. The minimum absolute atomic E-state index is 0.296. The van der Waals surface area contributed by atoms with Crippen LogP contribution in [-0.2, 0) is 11.2 Å². The molecule has 0 saturated heterocycles. The van der Waals surface area contributed by atoms with Crippen LogP contribution in [0.1, 0.15) is 4.88 Å². The topological polar surface area (TPSA) is 30.0 Å². The molecule has 0 fully saturated rings. The Labute approximate surface area is 61.6 Å². The van der Waals surface area contributed by atoms with E-state index in [1.54, 1.807) is 12.4 Å². The van der Waals surface area contributed by atoms with Crippen LogP contribution < -0.4 is 0 Å². The van der Waals surface area contributed by atoms with E-state index in [2.05, 4.69) is 4.37 Å². The van der Waals surface area contributed by atoms with E-state index in [0.29, 0.717) is 11.6 Å². The molecule has 0 aliphatic rings. The van der Waals surface area contributed by atoms with Gasteiger partial charge in [0.1, 0.15) is 5.15 Å². The average Bonchev–Trinajstić information content (AvgIpc) is 2.17. The summed E-state index contributed by atoms with van der Waals surface area (Å²) in [6, 6.07) is 1.66. The number of rotatable bonds is 2. The zero-order valence-corrected chi connectivity index (χ0v) is 6.00. The third-order valence-corrected chi connectivity index (χ3v) is 1.86. The molecule has 0 aliphatic heterocycles. The van der Waals surface area contributed by atoms with Gasteiger partial charge in [-0.3, -0.25) is 4.79 Å². The van der Waals surface area contributed by atoms with E-state index < -0.39 is 0 Å². The third kappa shape index (κ3) is 1.77. The fourth-order valence-electron chi connectivity index (χ4n) is 0.442. The highest BCUT2D eigenvalue weighted by Crippen LogP contribution is 2.13. The van der Waals surface area contributed by atoms with Crippen molar-refractivity contribution in [2.45, 2.75) is 6.42 Å². The average molecular weight is 161 g/mol. The zero-order chi connectivity index (χ0) is 6.69. The molecule has 0 bridgehead atoms. The third-order valence-electron chi connectivity index (χ3n) is 0.777. The van der Waals surface area contributed by atoms with Gasteiger partial charge < -0.3 is 0 Å². The molecule has 9 heavy (non-hydrogen) atoms. The van der Waals surface area contributed by atoms with E-state index in [-0.39, 0.29) is 0 Å². The van der Waals surface area contributed by atoms with E-state index in [0.717, 1.165) is 4.88 Å². The van der Waals surface area contributed by atoms with Gasteiger partial charge in [0, 0.05) is 4.88 Å². The Kier molecular flexibility index (Phi) is 2.19. The minimum Gasteiger partial charge on any atom is -0.290 e. The van der Waals surface area contributed by atoms with Crippen LogP contribution in [-0.4, -0.2) is 10.7 Å². The zero-order valence-electron chi connectivity index (χ0n) is 4.43. The Morgan fingerprint density at radius 2 is 2.67 bits per heavy atom. The van der Waals surface area contributed by atoms with Crippen LogP contribution in [0.25, 0.3) is 0 Å². The molecular weight excluding hydrogens is 158 g/mol. The maximum absolute atomic E-state index is 9.79. The predicted molar refractivity (Wildman–Crippen MR) is 36.5 cm³/mol. The maximum Gasteiger partial charge on any atom is 0.204 e. The van der Waals surface area contributed by atoms with Crippen LogP contribution in [0.2, 0.25) is 5.15 Å². The van der Waals surface area contributed by atoms with E-state index in [1.807, 2.05) is 0 Å². The van der Waals surface area contributed by atoms with E-state index >= 15 is 0 Å². The Morgan fingerprint density at radius 1 is 1.89 bits per heavy atom. The maximum atomic E-state index is 9.79. The molecule has 1 heterocycles. The lowest BCUT2D eigenvalue weighted by Gasteiger charge is -1.75. The number of hydrogen-bond donors (Lipinski definition) is 0. The van der Waals surface area contributed by atoms with Crippen LogP contribution in [0.3, 0.4) is 0 Å². The molecule has 0 aliphatic carbocycles. The first kappa shape index (κ1) is 6.71. The molecule has 2 nitrogen and oxygen atoms in total. The molecule has 0 atom stereocenters. The molecule has 1 aromatic heterocycles. The highest BCUT2D eigenvalue weighted by atomic mass is 35.5. The molecule has 0 aromatic carbocycles. The van der Waals surface area contributed by atoms with Gasteiger partial charge in [0.15, 0.2) is 0 Å². The fraction of sp³-hybridized carbons (Fsp3) is 0.200. The highest BCUT2D eigenvalue weighted by molar-refractivity contribution is 7.06. The second-order valence-electron chi connectivity index (χ2n) is 1.44. The van der Waals surface area contributed by atoms with Crippen LogP contribution in [0.15, 0.2) is 6.07 Å². The molecule has 0 amide bonds. The number of nitrogens with zero attached hydrogens (tertiary/aromatic N) is 1. The lowest BCUT2D eigenvalue weighted by atomic mass is 10.4. The minimum atomic E-state index is 0.296. The molecule has 0 spiro atoms. The summed E-state index contributed by atoms with van der Waals surface area (Å²) in [5.41, 5.74) is 0. The van der Waals surface area contributed by atoms with E-state index in [1.165, 1.54) is 11.5 Å². The Bertz CT molecular complexity index is 210. The molecular formula is C5H3ClNOS. The molecule has 0 saturated carbocycles. The van der Waals surface area contributed by atoms with Crippen molar-refractivity contribution < 1.29 is 4.79 Å². The highest BCUT2D eigenvalue weighted by Gasteiger charge is 1.96. The second-order valence-corrected chi connectivity index (χ2v) is 2.71. The van der Waals surface area contributed by atoms with Crippen molar-refractivity contribution in [2.24, 2.45) is 0 Å². The molecule has 0 unspecified atom stereocenters. The SMILES string of the molecule is O=[C]Cc1cc(Cl)ns1. The van der Waals surface area contributed by atoms with Gasteiger partial charge in [0.05, 0.1) is 6.42 Å². The fourth-order valence-corrected chi connectivity index (χ4v) is 1.29. The van der Waals surface area contributed by atoms with Crippen LogP contribution in [0, 0.1) is 0 Å². The largest absolute Gasteiger partial charge is 0.290 e. The van der Waals surface area contributed by atoms with E-state index in [4.69, 9.17) is 11.6 Å². The molecule has 47 valence electrons. The van der Waals surface area contributed by atoms with Gasteiger partial charge in [-0.05, 0) is 17.6 Å². The number of halogens is 1. The predicted octanol–water partition coefficient (Wildman–Crippen LogP) is 1.45. The van der Waals surface area contributed by atoms with Crippen molar-refractivity contribution in [3.05, 3.63) is 16.1 Å². The van der Waals surface area contributed by atoms with Crippen molar-refractivity contribution in [3.63, 3.8) is 0 Å². The van der Waals surface area contributed by atoms with Gasteiger partial charge in [0.2, 0.25) is 6.29 Å². The molecule has 1 aromatic rings. The van der Waals surface area contributed by atoms with Crippen LogP contribution >= 0.6 is 23.1 Å². The van der Waals surface area contributed by atoms with Gasteiger partial charge in [-0.25, -0.2) is 0 Å². The van der Waals surface area contributed by atoms with Crippen molar-refractivity contribution in [2.75, 3.05) is 0 Å². The molecule has 1 rings (SSSR count). The van der Waals surface area contributed by atoms with Gasteiger partial charge >= 0.3 is 0 Å². The summed E-state index contributed by atoms with van der Waals surface area (Å²) in [4.78, 5) is 10.7. The van der Waals surface area contributed by atoms with Gasteiger partial charge in [0.25, 0.3) is 0 Å². The normalized spacial score (nSPS) is 9.44. The Balaban J connectivity index is 2.72. The molecule has 0 N–H and O–H groups in total. The van der Waals surface area contributed by atoms with Crippen molar-refractivity contribution in [3.8, 4) is 0 Å². The summed E-state index contributed by atoms with van der Waals surface area (Å²) in [6.45, 7) is 0. The van der Waals surface area contributed by atoms with Gasteiger partial charge in [-0.15, -0.1) is 0 Å². The van der Waals surface area contributed by atoms with Crippen molar-refractivity contribution in [1.82, 2.24) is 4.37 Å². The van der Waals surface area contributed by atoms with Crippen molar-refractivity contribution >= 4 is 29.4 Å². The molecule has 4 heteroatoms. The first-order valence-electron chi connectivity index (χ1n) is 2.29. The summed E-state index contributed by atoms with van der Waals surface area (Å²) >= 11 is 6.70. The lowest BCUT2D eigenvalue weighted by Crippen LogP contribution is -1.76. The van der Waals surface area contributed by atoms with Crippen molar-refractivity contribution in [1.29, 1.82) is 0 Å². The van der Waals surface area contributed by atoms with Crippen LogP contribution in [0.5, 0.6) is 0 Å². The summed E-state index contributed by atoms with van der Waals surface area (Å²) in [5.74, 6) is 0. The van der Waals surface area contributed by atoms with E-state index in [9.17, 15) is 4.79 Å². The smallest absolute Gasteiger partial charge is 0.204 e. The monoisotopic (exact) mass is 160 g/mol. The summed E-state index contributed by atoms with van der Waals surface area (Å²) in [7, 11) is 0. The number of carbonyl (C=O) groups excluding carboxylic acids is 1. The second kappa shape index (κ2) is 2.94. The number of aromatic nitrogens is 1. The quantitative estimate of drug-likeness (QED) is 0.656. The summed E-state index contributed by atoms with van der Waals surface area (Å²) in [5, 5.41) is 0.449. The first-order valence-corrected chi connectivity index (χ1v) is 3.44. The van der Waals surface area contributed by atoms with Gasteiger partial charge in [-0.1, -0.05) is 11.6 Å². The standard InChI is InChI=1S/C5H3ClNOS/c6-5-3-4(1-2-8)9-7-5/h3H,1H2. The summed E-state index contributed by atoms with van der Waals surface area (Å²) < 4.78 is 3.76. The Hall–Kier alpha value is -0.410. The molecule has 1 radical (unpaired) electrons. The first-order chi connectivity index (χ1) is 4.33. The van der Waals surface area contributed by atoms with Crippen LogP contribution in [0.4, 0.5) is 0 Å². The Morgan fingerprint density at radius 3 is 3.11 bits per heavy atom. The summed E-state index contributed by atoms with van der Waals surface area (Å²) in [6.07, 6.45) is 2.06.